The summed E-state index contributed by atoms with van der Waals surface area (Å²) in [6.45, 7) is 4.15. The van der Waals surface area contributed by atoms with Crippen LogP contribution in [0.1, 0.15) is 20.3 Å². The van der Waals surface area contributed by atoms with E-state index >= 15 is 0 Å². The molecule has 3 nitrogen and oxygen atoms in total. The number of nitrogens with zero attached hydrogens (tertiary/aromatic N) is 1. The highest BCUT2D eigenvalue weighted by Crippen LogP contribution is 2.27. The first kappa shape index (κ1) is 10.7. The molecule has 13 heavy (non-hydrogen) atoms. The molecule has 3 atom stereocenters. The average Bonchev–Trinajstić information content (AvgIpc) is 2.10. The normalized spacial score (nSPS) is 35.8. The van der Waals surface area contributed by atoms with Crippen molar-refractivity contribution in [3.63, 3.8) is 0 Å². The quantitative estimate of drug-likeness (QED) is 0.660. The highest BCUT2D eigenvalue weighted by molar-refractivity contribution is 6.30. The molecular weight excluding hydrogens is 186 g/mol. The summed E-state index contributed by atoms with van der Waals surface area (Å²) in [6.07, 6.45) is 4.35. The van der Waals surface area contributed by atoms with Crippen LogP contribution in [-0.2, 0) is 0 Å². The topological polar surface area (TPSA) is 64.4 Å². The Kier molecular flexibility index (Phi) is 3.11. The highest BCUT2D eigenvalue weighted by Gasteiger charge is 2.36. The predicted octanol–water partition coefficient (Wildman–Crippen LogP) is 1.22. The van der Waals surface area contributed by atoms with E-state index in [1.165, 1.54) is 0 Å². The van der Waals surface area contributed by atoms with Gasteiger partial charge in [-0.05, 0) is 12.0 Å². The third kappa shape index (κ3) is 1.93. The van der Waals surface area contributed by atoms with Crippen molar-refractivity contribution in [1.82, 2.24) is 0 Å². The first-order valence-corrected chi connectivity index (χ1v) is 4.85. The molecule has 0 aromatic heterocycles. The van der Waals surface area contributed by atoms with Crippen molar-refractivity contribution < 1.29 is 0 Å². The summed E-state index contributed by atoms with van der Waals surface area (Å²) in [5.74, 6) is 0.294. The van der Waals surface area contributed by atoms with Gasteiger partial charge in [0.1, 0.15) is 5.16 Å². The minimum Gasteiger partial charge on any atom is -0.321 e. The fraction of sp³-hybridized carbons (Fsp3) is 0.667. The Bertz CT molecular complexity index is 249. The van der Waals surface area contributed by atoms with Crippen molar-refractivity contribution in [2.24, 2.45) is 22.4 Å². The van der Waals surface area contributed by atoms with Crippen molar-refractivity contribution in [2.45, 2.75) is 31.8 Å². The van der Waals surface area contributed by atoms with E-state index in [9.17, 15) is 0 Å². The number of rotatable bonds is 2. The summed E-state index contributed by atoms with van der Waals surface area (Å²) in [5.41, 5.74) is 11.5. The van der Waals surface area contributed by atoms with Crippen molar-refractivity contribution in [2.75, 3.05) is 0 Å². The molecule has 1 aliphatic rings. The molecule has 4 N–H and O–H groups in total. The molecule has 0 radical (unpaired) electrons. The van der Waals surface area contributed by atoms with Gasteiger partial charge in [-0.2, -0.15) is 0 Å². The van der Waals surface area contributed by atoms with Gasteiger partial charge >= 0.3 is 0 Å². The molecule has 74 valence electrons. The Balaban J connectivity index is 2.94. The van der Waals surface area contributed by atoms with Crippen LogP contribution in [0.2, 0.25) is 0 Å². The van der Waals surface area contributed by atoms with Gasteiger partial charge in [0, 0.05) is 6.21 Å². The standard InChI is InChI=1S/C9H16ClN3/c1-3-6(2)9(12)4-8(10)13-5-7(9)11/h4-7H,3,11-12H2,1-2H3. The summed E-state index contributed by atoms with van der Waals surface area (Å²) in [5, 5.41) is 0.435. The predicted molar refractivity (Wildman–Crippen MR) is 56.8 cm³/mol. The number of hydrogen-bond donors (Lipinski definition) is 2. The average molecular weight is 202 g/mol. The zero-order valence-electron chi connectivity index (χ0n) is 8.00. The van der Waals surface area contributed by atoms with Gasteiger partial charge in [0.25, 0.3) is 0 Å². The first-order valence-electron chi connectivity index (χ1n) is 4.47. The Morgan fingerprint density at radius 2 is 2.38 bits per heavy atom. The lowest BCUT2D eigenvalue weighted by atomic mass is 9.78. The molecule has 0 aromatic rings. The van der Waals surface area contributed by atoms with Crippen LogP contribution in [0.25, 0.3) is 0 Å². The zero-order chi connectivity index (χ0) is 10.1. The second-order valence-corrected chi connectivity index (χ2v) is 3.97. The van der Waals surface area contributed by atoms with E-state index in [0.717, 1.165) is 6.42 Å². The lowest BCUT2D eigenvalue weighted by Crippen LogP contribution is -2.59. The monoisotopic (exact) mass is 201 g/mol. The molecule has 4 heteroatoms. The van der Waals surface area contributed by atoms with Crippen LogP contribution in [0.5, 0.6) is 0 Å². The fourth-order valence-corrected chi connectivity index (χ4v) is 1.69. The van der Waals surface area contributed by atoms with E-state index in [0.29, 0.717) is 11.1 Å². The second kappa shape index (κ2) is 3.78. The van der Waals surface area contributed by atoms with Gasteiger partial charge in [0.2, 0.25) is 0 Å². The Hall–Kier alpha value is -0.380. The number of halogens is 1. The van der Waals surface area contributed by atoms with E-state index in [1.807, 2.05) is 0 Å². The van der Waals surface area contributed by atoms with Crippen LogP contribution < -0.4 is 11.5 Å². The van der Waals surface area contributed by atoms with Crippen LogP contribution in [-0.4, -0.2) is 17.8 Å². The van der Waals surface area contributed by atoms with Crippen molar-refractivity contribution in [3.05, 3.63) is 11.2 Å². The smallest absolute Gasteiger partial charge is 0.126 e. The summed E-state index contributed by atoms with van der Waals surface area (Å²) in [4.78, 5) is 3.92. The van der Waals surface area contributed by atoms with Gasteiger partial charge in [-0.15, -0.1) is 0 Å². The molecule has 0 fully saturated rings. The molecule has 0 bridgehead atoms. The summed E-state index contributed by atoms with van der Waals surface area (Å²) in [7, 11) is 0. The number of hydrogen-bond acceptors (Lipinski definition) is 3. The third-order valence-electron chi connectivity index (χ3n) is 2.77. The van der Waals surface area contributed by atoms with Gasteiger partial charge in [-0.3, -0.25) is 0 Å². The molecule has 0 spiro atoms. The van der Waals surface area contributed by atoms with E-state index in [1.54, 1.807) is 12.3 Å². The molecule has 0 saturated heterocycles. The van der Waals surface area contributed by atoms with Gasteiger partial charge in [0.05, 0.1) is 11.6 Å². The Morgan fingerprint density at radius 3 is 2.92 bits per heavy atom. The molecular formula is C9H16ClN3. The number of aliphatic imine (C=N–C) groups is 1. The van der Waals surface area contributed by atoms with Crippen LogP contribution in [0, 0.1) is 5.92 Å². The van der Waals surface area contributed by atoms with Crippen LogP contribution >= 0.6 is 11.6 Å². The van der Waals surface area contributed by atoms with Crippen molar-refractivity contribution in [3.8, 4) is 0 Å². The molecule has 1 aliphatic heterocycles. The fourth-order valence-electron chi connectivity index (χ4n) is 1.44. The maximum absolute atomic E-state index is 6.17. The molecule has 1 heterocycles. The van der Waals surface area contributed by atoms with E-state index in [4.69, 9.17) is 23.1 Å². The Labute approximate surface area is 83.8 Å². The van der Waals surface area contributed by atoms with Gasteiger partial charge in [0.15, 0.2) is 0 Å². The van der Waals surface area contributed by atoms with E-state index in [-0.39, 0.29) is 6.04 Å². The third-order valence-corrected chi connectivity index (χ3v) is 2.98. The van der Waals surface area contributed by atoms with E-state index in [2.05, 4.69) is 18.8 Å². The zero-order valence-corrected chi connectivity index (χ0v) is 8.75. The lowest BCUT2D eigenvalue weighted by molar-refractivity contribution is 0.329. The summed E-state index contributed by atoms with van der Waals surface area (Å²) < 4.78 is 0. The summed E-state index contributed by atoms with van der Waals surface area (Å²) >= 11 is 5.80. The minimum absolute atomic E-state index is 0.245. The van der Waals surface area contributed by atoms with Crippen molar-refractivity contribution in [1.29, 1.82) is 0 Å². The largest absolute Gasteiger partial charge is 0.321 e. The molecule has 0 saturated carbocycles. The van der Waals surface area contributed by atoms with Crippen LogP contribution in [0.4, 0.5) is 0 Å². The van der Waals surface area contributed by atoms with Gasteiger partial charge < -0.3 is 11.5 Å². The molecule has 0 aliphatic carbocycles. The van der Waals surface area contributed by atoms with Crippen LogP contribution in [0.3, 0.4) is 0 Å². The maximum Gasteiger partial charge on any atom is 0.126 e. The molecule has 0 aromatic carbocycles. The Morgan fingerprint density at radius 1 is 1.77 bits per heavy atom. The lowest BCUT2D eigenvalue weighted by Gasteiger charge is -2.37. The SMILES string of the molecule is CCC(C)C1(N)C=C(Cl)N=CC1N. The second-order valence-electron chi connectivity index (χ2n) is 3.58. The molecule has 1 rings (SSSR count). The van der Waals surface area contributed by atoms with E-state index < -0.39 is 5.54 Å². The van der Waals surface area contributed by atoms with Gasteiger partial charge in [-0.1, -0.05) is 31.9 Å². The first-order chi connectivity index (χ1) is 6.00. The molecule has 3 unspecified atom stereocenters. The minimum atomic E-state index is -0.548. The van der Waals surface area contributed by atoms with Crippen LogP contribution in [0.15, 0.2) is 16.2 Å². The molecule has 0 amide bonds. The number of nitrogens with two attached hydrogens (primary N) is 2. The van der Waals surface area contributed by atoms with Gasteiger partial charge in [-0.25, -0.2) is 4.99 Å². The maximum atomic E-state index is 6.17. The summed E-state index contributed by atoms with van der Waals surface area (Å²) in [6, 6.07) is -0.245. The van der Waals surface area contributed by atoms with Crippen molar-refractivity contribution >= 4 is 17.8 Å². The highest BCUT2D eigenvalue weighted by atomic mass is 35.5.